The lowest BCUT2D eigenvalue weighted by molar-refractivity contribution is -0.143. The second-order valence-electron chi connectivity index (χ2n) is 7.26. The minimum atomic E-state index is -0.0225. The van der Waals surface area contributed by atoms with Crippen molar-refractivity contribution in [1.82, 2.24) is 0 Å². The van der Waals surface area contributed by atoms with Crippen LogP contribution in [0.25, 0.3) is 0 Å². The molecule has 0 N–H and O–H groups in total. The maximum atomic E-state index is 11.3. The quantitative estimate of drug-likeness (QED) is 0.135. The van der Waals surface area contributed by atoms with Crippen molar-refractivity contribution in [1.29, 1.82) is 0 Å². The van der Waals surface area contributed by atoms with E-state index in [9.17, 15) is 4.79 Å². The molecule has 0 unspecified atom stereocenters. The Morgan fingerprint density at radius 3 is 1.68 bits per heavy atom. The van der Waals surface area contributed by atoms with Crippen LogP contribution in [0.1, 0.15) is 123 Å². The smallest absolute Gasteiger partial charge is 0.305 e. The number of unbranched alkanes of at least 4 members (excludes halogenated alkanes) is 13. The zero-order valence-electron chi connectivity index (χ0n) is 17.2. The van der Waals surface area contributed by atoms with Gasteiger partial charge in [0, 0.05) is 6.42 Å². The van der Waals surface area contributed by atoms with Crippen LogP contribution in [0.3, 0.4) is 0 Å². The van der Waals surface area contributed by atoms with Gasteiger partial charge in [-0.2, -0.15) is 0 Å². The molecule has 0 aromatic carbocycles. The lowest BCUT2D eigenvalue weighted by Gasteiger charge is -2.04. The molecule has 0 fully saturated rings. The normalized spacial score (nSPS) is 11.3. The molecule has 0 aromatic rings. The number of carbonyl (C=O) groups is 1. The molecule has 0 aliphatic heterocycles. The Hall–Kier alpha value is -0.790. The predicted octanol–water partition coefficient (Wildman–Crippen LogP) is 7.76. The van der Waals surface area contributed by atoms with Gasteiger partial charge < -0.3 is 4.74 Å². The minimum Gasteiger partial charge on any atom is -0.466 e. The van der Waals surface area contributed by atoms with Gasteiger partial charge in [-0.3, -0.25) is 4.79 Å². The highest BCUT2D eigenvalue weighted by Crippen LogP contribution is 2.10. The van der Waals surface area contributed by atoms with Gasteiger partial charge in [0.15, 0.2) is 0 Å². The van der Waals surface area contributed by atoms with Gasteiger partial charge in [0.1, 0.15) is 0 Å². The summed E-state index contributed by atoms with van der Waals surface area (Å²) in [5, 5.41) is 0. The van der Waals surface area contributed by atoms with Gasteiger partial charge in [0.05, 0.1) is 6.61 Å². The molecule has 2 nitrogen and oxygen atoms in total. The van der Waals surface area contributed by atoms with Crippen LogP contribution >= 0.6 is 0 Å². The molecule has 0 saturated carbocycles. The van der Waals surface area contributed by atoms with Crippen LogP contribution in [-0.2, 0) is 9.53 Å². The van der Waals surface area contributed by atoms with Crippen LogP contribution in [0.2, 0.25) is 0 Å². The molecule has 0 saturated heterocycles. The fourth-order valence-corrected chi connectivity index (χ4v) is 2.93. The molecular weight excluding hydrogens is 308 g/mol. The summed E-state index contributed by atoms with van der Waals surface area (Å²) >= 11 is 0. The van der Waals surface area contributed by atoms with E-state index in [1.165, 1.54) is 83.5 Å². The van der Waals surface area contributed by atoms with Crippen molar-refractivity contribution in [3.8, 4) is 0 Å². The van der Waals surface area contributed by atoms with Gasteiger partial charge in [-0.05, 0) is 38.5 Å². The van der Waals surface area contributed by atoms with Crippen LogP contribution in [0, 0.1) is 0 Å². The lowest BCUT2D eigenvalue weighted by Crippen LogP contribution is -2.05. The summed E-state index contributed by atoms with van der Waals surface area (Å²) in [6, 6.07) is 0. The minimum absolute atomic E-state index is 0.0225. The molecule has 0 heterocycles. The van der Waals surface area contributed by atoms with Crippen LogP contribution in [0.4, 0.5) is 0 Å². The Balaban J connectivity index is 3.14. The molecule has 0 rings (SSSR count). The van der Waals surface area contributed by atoms with E-state index >= 15 is 0 Å². The molecular formula is C23H44O2. The summed E-state index contributed by atoms with van der Waals surface area (Å²) in [4.78, 5) is 11.3. The zero-order chi connectivity index (χ0) is 18.4. The van der Waals surface area contributed by atoms with Gasteiger partial charge in [-0.25, -0.2) is 0 Å². The standard InChI is InChI=1S/C23H44O2/c1-3-5-7-8-9-10-11-12-13-14-15-16-17-18-19-20-22-25-23(24)21-6-4-2/h14-15H,3-13,16-22H2,1-2H3/b15-14-. The molecule has 148 valence electrons. The number of allylic oxidation sites excluding steroid dienone is 2. The highest BCUT2D eigenvalue weighted by Gasteiger charge is 2.00. The van der Waals surface area contributed by atoms with E-state index in [1.807, 2.05) is 0 Å². The highest BCUT2D eigenvalue weighted by molar-refractivity contribution is 5.69. The summed E-state index contributed by atoms with van der Waals surface area (Å²) in [5.41, 5.74) is 0. The molecule has 2 heteroatoms. The largest absolute Gasteiger partial charge is 0.466 e. The van der Waals surface area contributed by atoms with Crippen molar-refractivity contribution >= 4 is 5.97 Å². The van der Waals surface area contributed by atoms with Crippen molar-refractivity contribution < 1.29 is 9.53 Å². The van der Waals surface area contributed by atoms with Crippen molar-refractivity contribution in [2.24, 2.45) is 0 Å². The van der Waals surface area contributed by atoms with Crippen LogP contribution < -0.4 is 0 Å². The van der Waals surface area contributed by atoms with E-state index in [0.29, 0.717) is 13.0 Å². The first-order chi connectivity index (χ1) is 12.3. The van der Waals surface area contributed by atoms with Crippen molar-refractivity contribution in [3.63, 3.8) is 0 Å². The summed E-state index contributed by atoms with van der Waals surface area (Å²) < 4.78 is 5.21. The van der Waals surface area contributed by atoms with Crippen molar-refractivity contribution in [2.45, 2.75) is 123 Å². The first-order valence-electron chi connectivity index (χ1n) is 11.1. The van der Waals surface area contributed by atoms with E-state index < -0.39 is 0 Å². The van der Waals surface area contributed by atoms with Crippen LogP contribution in [-0.4, -0.2) is 12.6 Å². The Morgan fingerprint density at radius 1 is 0.640 bits per heavy atom. The molecule has 0 aliphatic carbocycles. The predicted molar refractivity (Wildman–Crippen MR) is 110 cm³/mol. The molecule has 25 heavy (non-hydrogen) atoms. The second-order valence-corrected chi connectivity index (χ2v) is 7.26. The Morgan fingerprint density at radius 2 is 1.12 bits per heavy atom. The summed E-state index contributed by atoms with van der Waals surface area (Å²) in [7, 11) is 0. The lowest BCUT2D eigenvalue weighted by atomic mass is 10.1. The molecule has 0 bridgehead atoms. The van der Waals surface area contributed by atoms with Gasteiger partial charge in [0.25, 0.3) is 0 Å². The van der Waals surface area contributed by atoms with E-state index in [2.05, 4.69) is 26.0 Å². The third-order valence-corrected chi connectivity index (χ3v) is 4.65. The van der Waals surface area contributed by atoms with Crippen LogP contribution in [0.5, 0.6) is 0 Å². The summed E-state index contributed by atoms with van der Waals surface area (Å²) in [6.45, 7) is 4.98. The first-order valence-corrected chi connectivity index (χ1v) is 11.1. The van der Waals surface area contributed by atoms with Crippen molar-refractivity contribution in [2.75, 3.05) is 6.61 Å². The second kappa shape index (κ2) is 21.3. The Bertz CT molecular complexity index is 296. The number of hydrogen-bond donors (Lipinski definition) is 0. The fourth-order valence-electron chi connectivity index (χ4n) is 2.93. The van der Waals surface area contributed by atoms with Gasteiger partial charge in [0.2, 0.25) is 0 Å². The maximum Gasteiger partial charge on any atom is 0.305 e. The summed E-state index contributed by atoms with van der Waals surface area (Å²) in [5.74, 6) is -0.0225. The van der Waals surface area contributed by atoms with Gasteiger partial charge in [-0.15, -0.1) is 0 Å². The van der Waals surface area contributed by atoms with Crippen molar-refractivity contribution in [3.05, 3.63) is 12.2 Å². The number of rotatable bonds is 19. The summed E-state index contributed by atoms with van der Waals surface area (Å²) in [6.07, 6.45) is 25.7. The SMILES string of the molecule is CCCCCCCCCC/C=C\CCCCCCOC(=O)CCCC. The van der Waals surface area contributed by atoms with Gasteiger partial charge in [-0.1, -0.05) is 90.2 Å². The average molecular weight is 353 g/mol. The molecule has 0 amide bonds. The number of ether oxygens (including phenoxy) is 1. The molecule has 0 spiro atoms. The molecule has 0 aromatic heterocycles. The Labute approximate surface area is 157 Å². The third kappa shape index (κ3) is 21.2. The monoisotopic (exact) mass is 352 g/mol. The molecule has 0 radical (unpaired) electrons. The van der Waals surface area contributed by atoms with E-state index in [1.54, 1.807) is 0 Å². The number of hydrogen-bond acceptors (Lipinski definition) is 2. The number of carbonyl (C=O) groups excluding carboxylic acids is 1. The first kappa shape index (κ1) is 24.2. The fraction of sp³-hybridized carbons (Fsp3) is 0.870. The van der Waals surface area contributed by atoms with E-state index in [4.69, 9.17) is 4.74 Å². The Kier molecular flexibility index (Phi) is 20.6. The zero-order valence-corrected chi connectivity index (χ0v) is 17.2. The molecule has 0 atom stereocenters. The van der Waals surface area contributed by atoms with Gasteiger partial charge >= 0.3 is 5.97 Å². The number of esters is 1. The molecule has 0 aliphatic rings. The van der Waals surface area contributed by atoms with E-state index in [-0.39, 0.29) is 5.97 Å². The van der Waals surface area contributed by atoms with E-state index in [0.717, 1.165) is 19.3 Å². The third-order valence-electron chi connectivity index (χ3n) is 4.65. The van der Waals surface area contributed by atoms with Crippen LogP contribution in [0.15, 0.2) is 12.2 Å². The average Bonchev–Trinajstić information content (AvgIpc) is 2.62. The topological polar surface area (TPSA) is 26.3 Å². The maximum absolute atomic E-state index is 11.3. The highest BCUT2D eigenvalue weighted by atomic mass is 16.5.